The molecule has 3 heterocycles. The van der Waals surface area contributed by atoms with E-state index in [1.54, 1.807) is 81.3 Å². The minimum Gasteiger partial charge on any atom is -0.497 e. The molecule has 57 heavy (non-hydrogen) atoms. The number of carbonyl (C=O) groups excluding carboxylic acids is 2. The van der Waals surface area contributed by atoms with Crippen molar-refractivity contribution in [2.75, 3.05) is 26.0 Å². The Morgan fingerprint density at radius 1 is 0.912 bits per heavy atom. The van der Waals surface area contributed by atoms with Crippen molar-refractivity contribution in [3.63, 3.8) is 0 Å². The van der Waals surface area contributed by atoms with Crippen molar-refractivity contribution in [1.82, 2.24) is 24.6 Å². The van der Waals surface area contributed by atoms with Crippen molar-refractivity contribution in [3.8, 4) is 22.9 Å². The topological polar surface area (TPSA) is 271 Å². The van der Waals surface area contributed by atoms with Crippen LogP contribution < -0.4 is 25.7 Å². The summed E-state index contributed by atoms with van der Waals surface area (Å²) in [5.74, 6) is -4.11. The number of likely N-dealkylation sites (N-methyl/N-ethyl adjacent to an activating group) is 1. The molecule has 6 N–H and O–H groups in total. The molecule has 5 rings (SSSR count). The van der Waals surface area contributed by atoms with Crippen molar-refractivity contribution < 1.29 is 58.6 Å². The maximum absolute atomic E-state index is 13.7. The van der Waals surface area contributed by atoms with E-state index in [4.69, 9.17) is 34.6 Å². The SMILES string of the molecule is CNCC(=O)OC(C)Cn1c(C)c(C(=O)Nc2ccc(Oc3ccnc4cc(OC)ccc34)cn2)c(=O)n1-c1ccccc1.O=C(O)CC(O)(CC(=O)O)C(=O)O. The van der Waals surface area contributed by atoms with E-state index in [0.717, 1.165) is 5.39 Å². The number of aliphatic carboxylic acids is 3. The monoisotopic (exact) mass is 788 g/mol. The zero-order chi connectivity index (χ0) is 41.9. The van der Waals surface area contributed by atoms with Gasteiger partial charge in [0.1, 0.15) is 34.7 Å². The predicted octanol–water partition coefficient (Wildman–Crippen LogP) is 2.85. The van der Waals surface area contributed by atoms with Crippen molar-refractivity contribution in [2.24, 2.45) is 0 Å². The van der Waals surface area contributed by atoms with Gasteiger partial charge in [0, 0.05) is 17.6 Å². The van der Waals surface area contributed by atoms with Gasteiger partial charge in [0.25, 0.3) is 11.5 Å². The summed E-state index contributed by atoms with van der Waals surface area (Å²) in [4.78, 5) is 78.3. The Morgan fingerprint density at radius 3 is 2.16 bits per heavy atom. The first-order valence-electron chi connectivity index (χ1n) is 17.1. The summed E-state index contributed by atoms with van der Waals surface area (Å²) in [5, 5.41) is 40.1. The van der Waals surface area contributed by atoms with Crippen LogP contribution in [-0.2, 0) is 30.5 Å². The lowest BCUT2D eigenvalue weighted by Crippen LogP contribution is -2.42. The van der Waals surface area contributed by atoms with Crippen LogP contribution in [0, 0.1) is 6.92 Å². The van der Waals surface area contributed by atoms with E-state index < -0.39 is 59.9 Å². The number of carboxylic acid groups (broad SMARTS) is 3. The summed E-state index contributed by atoms with van der Waals surface area (Å²) in [7, 11) is 3.24. The van der Waals surface area contributed by atoms with Crippen LogP contribution in [0.1, 0.15) is 35.8 Å². The highest BCUT2D eigenvalue weighted by molar-refractivity contribution is 6.04. The van der Waals surface area contributed by atoms with Gasteiger partial charge in [-0.1, -0.05) is 18.2 Å². The van der Waals surface area contributed by atoms with Crippen LogP contribution in [0.25, 0.3) is 16.6 Å². The van der Waals surface area contributed by atoms with E-state index in [0.29, 0.717) is 34.1 Å². The largest absolute Gasteiger partial charge is 0.497 e. The van der Waals surface area contributed by atoms with Gasteiger partial charge in [-0.25, -0.2) is 14.5 Å². The Kier molecular flexibility index (Phi) is 14.2. The normalized spacial score (nSPS) is 11.5. The lowest BCUT2D eigenvalue weighted by atomic mass is 9.96. The van der Waals surface area contributed by atoms with Crippen LogP contribution in [0.4, 0.5) is 5.82 Å². The van der Waals surface area contributed by atoms with Crippen molar-refractivity contribution in [1.29, 1.82) is 0 Å². The maximum atomic E-state index is 13.7. The zero-order valence-electron chi connectivity index (χ0n) is 31.2. The Bertz CT molecular complexity index is 2290. The standard InChI is InChI=1S/C32H32N6O6.C6H8O7/c1-20(43-29(39)18-33-3)19-37-21(2)30(32(41)38(37)22-8-6-5-7-9-22)31(40)36-28-13-11-24(17-35-28)44-27-14-15-34-26-16-23(42-4)10-12-25(26)27;7-3(8)1-6(13,5(11)12)2-4(9)10/h5-17,20,33H,18-19H2,1-4H3,(H,35,36,40);13H,1-2H2,(H,7,8)(H,9,10)(H,11,12). The number of hydrogen-bond donors (Lipinski definition) is 6. The second kappa shape index (κ2) is 19.0. The molecular formula is C38H40N6O13. The van der Waals surface area contributed by atoms with Gasteiger partial charge in [-0.05, 0) is 63.4 Å². The molecule has 0 radical (unpaired) electrons. The summed E-state index contributed by atoms with van der Waals surface area (Å²) in [5.41, 5.74) is -1.61. The van der Waals surface area contributed by atoms with Crippen LogP contribution >= 0.6 is 0 Å². The number of fused-ring (bicyclic) bond motifs is 1. The average Bonchev–Trinajstić information content (AvgIpc) is 3.39. The lowest BCUT2D eigenvalue weighted by Gasteiger charge is -2.18. The molecule has 0 aliphatic carbocycles. The van der Waals surface area contributed by atoms with Gasteiger partial charge in [-0.15, -0.1) is 0 Å². The molecule has 1 amide bonds. The molecule has 0 aliphatic heterocycles. The third kappa shape index (κ3) is 11.0. The van der Waals surface area contributed by atoms with Gasteiger partial charge in [-0.3, -0.25) is 33.6 Å². The van der Waals surface area contributed by atoms with Crippen LogP contribution in [0.3, 0.4) is 0 Å². The molecule has 19 heteroatoms. The highest BCUT2D eigenvalue weighted by atomic mass is 16.5. The smallest absolute Gasteiger partial charge is 0.336 e. The van der Waals surface area contributed by atoms with Gasteiger partial charge in [-0.2, -0.15) is 0 Å². The second-order valence-electron chi connectivity index (χ2n) is 12.4. The molecule has 0 fully saturated rings. The number of pyridine rings is 2. The molecule has 300 valence electrons. The molecule has 3 aromatic heterocycles. The van der Waals surface area contributed by atoms with E-state index in [-0.39, 0.29) is 24.5 Å². The number of esters is 1. The van der Waals surface area contributed by atoms with Crippen LogP contribution in [-0.4, -0.2) is 102 Å². The van der Waals surface area contributed by atoms with E-state index in [9.17, 15) is 28.8 Å². The number of nitrogens with one attached hydrogen (secondary N) is 2. The van der Waals surface area contributed by atoms with Crippen LogP contribution in [0.2, 0.25) is 0 Å². The fourth-order valence-corrected chi connectivity index (χ4v) is 5.50. The quantitative estimate of drug-likeness (QED) is 0.0785. The van der Waals surface area contributed by atoms with Crippen molar-refractivity contribution in [2.45, 2.75) is 44.9 Å². The van der Waals surface area contributed by atoms with E-state index >= 15 is 0 Å². The molecule has 5 aromatic rings. The molecular weight excluding hydrogens is 748 g/mol. The number of nitrogens with zero attached hydrogens (tertiary/aromatic N) is 4. The average molecular weight is 789 g/mol. The lowest BCUT2D eigenvalue weighted by molar-refractivity contribution is -0.170. The zero-order valence-corrected chi connectivity index (χ0v) is 31.2. The Balaban J connectivity index is 0.000000476. The number of aliphatic hydroxyl groups is 1. The molecule has 0 aliphatic rings. The minimum absolute atomic E-state index is 0.0524. The Hall–Kier alpha value is -7.12. The number of carboxylic acids is 3. The molecule has 1 unspecified atom stereocenters. The number of amides is 1. The summed E-state index contributed by atoms with van der Waals surface area (Å²) >= 11 is 0. The fraction of sp³-hybridized carbons (Fsp3) is 0.263. The molecule has 0 bridgehead atoms. The second-order valence-corrected chi connectivity index (χ2v) is 12.4. The maximum Gasteiger partial charge on any atom is 0.336 e. The number of hydrogen-bond acceptors (Lipinski definition) is 13. The number of methoxy groups -OCH3 is 1. The molecule has 0 spiro atoms. The third-order valence-electron chi connectivity index (χ3n) is 8.11. The van der Waals surface area contributed by atoms with E-state index in [1.165, 1.54) is 10.9 Å². The van der Waals surface area contributed by atoms with Crippen LogP contribution in [0.5, 0.6) is 17.2 Å². The molecule has 0 saturated heterocycles. The third-order valence-corrected chi connectivity index (χ3v) is 8.11. The number of rotatable bonds is 16. The highest BCUT2D eigenvalue weighted by Gasteiger charge is 2.40. The molecule has 2 aromatic carbocycles. The number of anilines is 1. The summed E-state index contributed by atoms with van der Waals surface area (Å²) < 4.78 is 19.8. The first-order chi connectivity index (χ1) is 27.1. The minimum atomic E-state index is -2.74. The van der Waals surface area contributed by atoms with E-state index in [1.807, 2.05) is 24.3 Å². The number of benzene rings is 2. The molecule has 19 nitrogen and oxygen atoms in total. The number of para-hydroxylation sites is 1. The van der Waals surface area contributed by atoms with Crippen molar-refractivity contribution >= 4 is 46.5 Å². The Labute approximate surface area is 324 Å². The summed E-state index contributed by atoms with van der Waals surface area (Å²) in [6.45, 7) is 3.61. The summed E-state index contributed by atoms with van der Waals surface area (Å²) in [6, 6.07) is 19.5. The van der Waals surface area contributed by atoms with E-state index in [2.05, 4.69) is 20.6 Å². The van der Waals surface area contributed by atoms with Gasteiger partial charge in [0.15, 0.2) is 5.60 Å². The van der Waals surface area contributed by atoms with Crippen molar-refractivity contribution in [3.05, 3.63) is 101 Å². The first-order valence-corrected chi connectivity index (χ1v) is 17.1. The molecule has 1 atom stereocenters. The van der Waals surface area contributed by atoms with Gasteiger partial charge < -0.3 is 45.3 Å². The highest BCUT2D eigenvalue weighted by Crippen LogP contribution is 2.31. The Morgan fingerprint density at radius 2 is 1.58 bits per heavy atom. The van der Waals surface area contributed by atoms with Crippen LogP contribution in [0.15, 0.2) is 83.9 Å². The molecule has 0 saturated carbocycles. The summed E-state index contributed by atoms with van der Waals surface area (Å²) in [6.07, 6.45) is 0.264. The number of aromatic nitrogens is 4. The predicted molar refractivity (Wildman–Crippen MR) is 202 cm³/mol. The number of carbonyl (C=O) groups is 5. The first kappa shape index (κ1) is 42.6. The number of ether oxygens (including phenoxy) is 3. The van der Waals surface area contributed by atoms with Gasteiger partial charge in [0.2, 0.25) is 0 Å². The fourth-order valence-electron chi connectivity index (χ4n) is 5.50. The van der Waals surface area contributed by atoms with Gasteiger partial charge in [0.05, 0.1) is 56.1 Å². The van der Waals surface area contributed by atoms with Gasteiger partial charge >= 0.3 is 23.9 Å².